The molecule has 0 spiro atoms. The van der Waals surface area contributed by atoms with Gasteiger partial charge in [-0.3, -0.25) is 0 Å². The minimum absolute atomic E-state index is 0.483. The van der Waals surface area contributed by atoms with Gasteiger partial charge in [0.05, 0.1) is 5.60 Å². The van der Waals surface area contributed by atoms with Crippen LogP contribution in [-0.4, -0.2) is 21.8 Å². The Morgan fingerprint density at radius 2 is 2.41 bits per heavy atom. The molecule has 1 aliphatic rings. The van der Waals surface area contributed by atoms with Crippen molar-refractivity contribution >= 4 is 0 Å². The minimum Gasteiger partial charge on any atom is -0.389 e. The summed E-state index contributed by atoms with van der Waals surface area (Å²) in [5, 5.41) is 13.9. The molecule has 1 saturated carbocycles. The Kier molecular flexibility index (Phi) is 3.89. The van der Waals surface area contributed by atoms with Crippen molar-refractivity contribution < 1.29 is 5.11 Å². The molecule has 0 radical (unpaired) electrons. The van der Waals surface area contributed by atoms with E-state index in [1.54, 1.807) is 0 Å². The summed E-state index contributed by atoms with van der Waals surface area (Å²) in [6.07, 6.45) is 6.35. The van der Waals surface area contributed by atoms with Gasteiger partial charge in [0, 0.05) is 32.0 Å². The van der Waals surface area contributed by atoms with Gasteiger partial charge in [0.25, 0.3) is 0 Å². The van der Waals surface area contributed by atoms with Crippen LogP contribution < -0.4 is 5.32 Å². The number of aliphatic hydroxyl groups is 1. The lowest BCUT2D eigenvalue weighted by atomic mass is 9.79. The van der Waals surface area contributed by atoms with Crippen molar-refractivity contribution in [1.82, 2.24) is 9.88 Å². The Bertz CT molecular complexity index is 361. The number of hydrogen-bond acceptors (Lipinski definition) is 2. The molecule has 1 aromatic rings. The van der Waals surface area contributed by atoms with Gasteiger partial charge in [0.1, 0.15) is 0 Å². The fourth-order valence-electron chi connectivity index (χ4n) is 2.90. The maximum atomic E-state index is 10.5. The predicted octanol–water partition coefficient (Wildman–Crippen LogP) is 2.06. The highest BCUT2D eigenvalue weighted by Crippen LogP contribution is 2.31. The van der Waals surface area contributed by atoms with Gasteiger partial charge in [-0.2, -0.15) is 0 Å². The van der Waals surface area contributed by atoms with Crippen molar-refractivity contribution in [2.24, 2.45) is 13.0 Å². The number of aryl methyl sites for hydroxylation is 1. The summed E-state index contributed by atoms with van der Waals surface area (Å²) in [6, 6.07) is 4.16. The highest BCUT2D eigenvalue weighted by atomic mass is 16.3. The Labute approximate surface area is 104 Å². The van der Waals surface area contributed by atoms with Crippen LogP contribution in [0.3, 0.4) is 0 Å². The minimum atomic E-state index is -0.483. The molecule has 3 heteroatoms. The average Bonchev–Trinajstić information content (AvgIpc) is 2.64. The van der Waals surface area contributed by atoms with Crippen LogP contribution in [0.15, 0.2) is 18.3 Å². The first-order valence-electron chi connectivity index (χ1n) is 6.62. The second-order valence-electron chi connectivity index (χ2n) is 5.64. The zero-order valence-electron chi connectivity index (χ0n) is 10.9. The molecule has 2 atom stereocenters. The molecule has 1 aliphatic carbocycles. The molecule has 0 aromatic carbocycles. The van der Waals surface area contributed by atoms with E-state index in [-0.39, 0.29) is 0 Å². The van der Waals surface area contributed by atoms with Crippen LogP contribution in [0.25, 0.3) is 0 Å². The van der Waals surface area contributed by atoms with Gasteiger partial charge in [0.15, 0.2) is 0 Å². The van der Waals surface area contributed by atoms with Crippen LogP contribution >= 0.6 is 0 Å². The second kappa shape index (κ2) is 5.23. The predicted molar refractivity (Wildman–Crippen MR) is 69.7 cm³/mol. The number of hydrogen-bond donors (Lipinski definition) is 2. The van der Waals surface area contributed by atoms with Crippen molar-refractivity contribution in [2.45, 2.75) is 44.8 Å². The lowest BCUT2D eigenvalue weighted by Gasteiger charge is -2.35. The molecular formula is C14H24N2O. The van der Waals surface area contributed by atoms with Crippen molar-refractivity contribution in [3.8, 4) is 0 Å². The zero-order chi connectivity index (χ0) is 12.3. The van der Waals surface area contributed by atoms with Crippen molar-refractivity contribution in [2.75, 3.05) is 6.54 Å². The first kappa shape index (κ1) is 12.7. The fraction of sp³-hybridized carbons (Fsp3) is 0.714. The van der Waals surface area contributed by atoms with E-state index >= 15 is 0 Å². The summed E-state index contributed by atoms with van der Waals surface area (Å²) in [7, 11) is 2.05. The third-order valence-corrected chi connectivity index (χ3v) is 3.88. The first-order valence-corrected chi connectivity index (χ1v) is 6.62. The summed E-state index contributed by atoms with van der Waals surface area (Å²) in [5.41, 5.74) is 0.778. The van der Waals surface area contributed by atoms with E-state index in [1.807, 2.05) is 0 Å². The number of nitrogens with zero attached hydrogens (tertiary/aromatic N) is 1. The molecule has 17 heavy (non-hydrogen) atoms. The largest absolute Gasteiger partial charge is 0.389 e. The summed E-state index contributed by atoms with van der Waals surface area (Å²) in [5.74, 6) is 0.658. The van der Waals surface area contributed by atoms with E-state index in [1.165, 1.54) is 12.1 Å². The zero-order valence-corrected chi connectivity index (χ0v) is 10.9. The quantitative estimate of drug-likeness (QED) is 0.839. The van der Waals surface area contributed by atoms with Gasteiger partial charge in [-0.05, 0) is 30.9 Å². The van der Waals surface area contributed by atoms with Crippen LogP contribution in [0, 0.1) is 5.92 Å². The van der Waals surface area contributed by atoms with E-state index in [4.69, 9.17) is 0 Å². The molecule has 2 rings (SSSR count). The average molecular weight is 236 g/mol. The molecule has 1 fully saturated rings. The van der Waals surface area contributed by atoms with Gasteiger partial charge in [-0.15, -0.1) is 0 Å². The molecule has 96 valence electrons. The summed E-state index contributed by atoms with van der Waals surface area (Å²) in [6.45, 7) is 3.78. The normalized spacial score (nSPS) is 29.5. The van der Waals surface area contributed by atoms with Crippen molar-refractivity contribution in [1.29, 1.82) is 0 Å². The van der Waals surface area contributed by atoms with E-state index in [0.717, 1.165) is 25.8 Å². The van der Waals surface area contributed by atoms with Crippen molar-refractivity contribution in [3.63, 3.8) is 0 Å². The number of rotatable bonds is 4. The first-order chi connectivity index (χ1) is 8.09. The summed E-state index contributed by atoms with van der Waals surface area (Å²) < 4.78 is 2.11. The van der Waals surface area contributed by atoms with Gasteiger partial charge in [-0.1, -0.05) is 19.8 Å². The van der Waals surface area contributed by atoms with Crippen LogP contribution in [0.2, 0.25) is 0 Å². The maximum absolute atomic E-state index is 10.5. The second-order valence-corrected chi connectivity index (χ2v) is 5.64. The maximum Gasteiger partial charge on any atom is 0.0774 e. The van der Waals surface area contributed by atoms with E-state index < -0.39 is 5.60 Å². The molecule has 2 unspecified atom stereocenters. The van der Waals surface area contributed by atoms with Crippen LogP contribution in [0.1, 0.15) is 38.3 Å². The van der Waals surface area contributed by atoms with Crippen LogP contribution in [-0.2, 0) is 13.6 Å². The van der Waals surface area contributed by atoms with Crippen LogP contribution in [0.4, 0.5) is 0 Å². The van der Waals surface area contributed by atoms with Gasteiger partial charge >= 0.3 is 0 Å². The molecule has 0 aliphatic heterocycles. The molecular weight excluding hydrogens is 212 g/mol. The number of nitrogens with one attached hydrogen (secondary N) is 1. The Morgan fingerprint density at radius 3 is 3.06 bits per heavy atom. The van der Waals surface area contributed by atoms with Gasteiger partial charge in [-0.25, -0.2) is 0 Å². The molecule has 1 aromatic heterocycles. The Balaban J connectivity index is 1.79. The molecule has 0 amide bonds. The molecule has 1 heterocycles. The SMILES string of the molecule is CC1CCCC(O)(CNCc2cccn2C)C1. The van der Waals surface area contributed by atoms with Gasteiger partial charge in [0.2, 0.25) is 0 Å². The monoisotopic (exact) mass is 236 g/mol. The third kappa shape index (κ3) is 3.33. The van der Waals surface area contributed by atoms with Crippen LogP contribution in [0.5, 0.6) is 0 Å². The molecule has 2 N–H and O–H groups in total. The highest BCUT2D eigenvalue weighted by Gasteiger charge is 2.31. The molecule has 0 saturated heterocycles. The van der Waals surface area contributed by atoms with Crippen molar-refractivity contribution in [3.05, 3.63) is 24.0 Å². The Morgan fingerprint density at radius 1 is 1.59 bits per heavy atom. The molecule has 0 bridgehead atoms. The van der Waals surface area contributed by atoms with E-state index in [9.17, 15) is 5.11 Å². The van der Waals surface area contributed by atoms with E-state index in [2.05, 4.69) is 42.2 Å². The Hall–Kier alpha value is -0.800. The standard InChI is InChI=1S/C14H24N2O/c1-12-5-3-7-14(17,9-12)11-15-10-13-6-4-8-16(13)2/h4,6,8,12,15,17H,3,5,7,9-11H2,1-2H3. The number of aromatic nitrogens is 1. The summed E-state index contributed by atoms with van der Waals surface area (Å²) >= 11 is 0. The topological polar surface area (TPSA) is 37.2 Å². The third-order valence-electron chi connectivity index (χ3n) is 3.88. The molecule has 3 nitrogen and oxygen atoms in total. The lowest BCUT2D eigenvalue weighted by Crippen LogP contribution is -2.43. The van der Waals surface area contributed by atoms with E-state index in [0.29, 0.717) is 12.5 Å². The summed E-state index contributed by atoms with van der Waals surface area (Å²) in [4.78, 5) is 0. The highest BCUT2D eigenvalue weighted by molar-refractivity contribution is 5.06. The lowest BCUT2D eigenvalue weighted by molar-refractivity contribution is -0.0120. The van der Waals surface area contributed by atoms with Gasteiger partial charge < -0.3 is 15.0 Å². The fourth-order valence-corrected chi connectivity index (χ4v) is 2.90. The smallest absolute Gasteiger partial charge is 0.0774 e.